The van der Waals surface area contributed by atoms with Gasteiger partial charge in [0.1, 0.15) is 5.82 Å². The summed E-state index contributed by atoms with van der Waals surface area (Å²) in [6.45, 7) is 0. The van der Waals surface area contributed by atoms with Gasteiger partial charge >= 0.3 is 0 Å². The van der Waals surface area contributed by atoms with E-state index in [9.17, 15) is 19.1 Å². The Morgan fingerprint density at radius 3 is 2.49 bits per heavy atom. The number of anilines is 1. The van der Waals surface area contributed by atoms with Crippen molar-refractivity contribution in [1.29, 1.82) is 0 Å². The van der Waals surface area contributed by atoms with E-state index in [-0.39, 0.29) is 10.7 Å². The molecule has 0 bridgehead atoms. The number of thioether (sulfide) groups is 1. The first-order valence-electron chi connectivity index (χ1n) is 12.7. The number of aromatic nitrogens is 2. The zero-order valence-corrected chi connectivity index (χ0v) is 23.1. The van der Waals surface area contributed by atoms with Gasteiger partial charge in [0.25, 0.3) is 5.91 Å². The van der Waals surface area contributed by atoms with Crippen molar-refractivity contribution in [2.75, 3.05) is 4.90 Å². The zero-order chi connectivity index (χ0) is 28.3. The van der Waals surface area contributed by atoms with Crippen LogP contribution in [0.1, 0.15) is 22.7 Å². The molecule has 0 fully saturated rings. The van der Waals surface area contributed by atoms with Gasteiger partial charge in [0.05, 0.1) is 11.6 Å². The number of hydrogen-bond donors (Lipinski definition) is 1. The van der Waals surface area contributed by atoms with E-state index < -0.39 is 29.3 Å². The molecule has 1 N–H and O–H groups in total. The van der Waals surface area contributed by atoms with E-state index >= 15 is 0 Å². The fourth-order valence-corrected chi connectivity index (χ4v) is 6.63. The zero-order valence-electron chi connectivity index (χ0n) is 21.5. The molecule has 0 spiro atoms. The summed E-state index contributed by atoms with van der Waals surface area (Å²) in [4.78, 5) is 28.0. The molecule has 1 unspecified atom stereocenters. The smallest absolute Gasteiger partial charge is 0.296 e. The number of fused-ring (bicyclic) bond motifs is 1. The Kier molecular flexibility index (Phi) is 7.45. The summed E-state index contributed by atoms with van der Waals surface area (Å²) in [6.07, 6.45) is 2.93. The van der Waals surface area contributed by atoms with Crippen LogP contribution in [0.3, 0.4) is 0 Å². The first kappa shape index (κ1) is 26.6. The minimum absolute atomic E-state index is 0.103. The molecule has 6 rings (SSSR count). The van der Waals surface area contributed by atoms with E-state index in [1.54, 1.807) is 6.08 Å². The first-order chi connectivity index (χ1) is 20.0. The van der Waals surface area contributed by atoms with Gasteiger partial charge in [-0.3, -0.25) is 14.5 Å². The monoisotopic (exact) mass is 579 g/mol. The Morgan fingerprint density at radius 2 is 1.68 bits per heavy atom. The topological polar surface area (TPSA) is 83.4 Å². The van der Waals surface area contributed by atoms with Gasteiger partial charge in [-0.2, -0.15) is 0 Å². The van der Waals surface area contributed by atoms with Crippen molar-refractivity contribution in [3.63, 3.8) is 0 Å². The number of hydrogen-bond acceptors (Lipinski definition) is 7. The lowest BCUT2D eigenvalue weighted by molar-refractivity contribution is -0.117. The lowest BCUT2D eigenvalue weighted by Gasteiger charge is -2.23. The molecule has 1 aliphatic heterocycles. The molecule has 9 heteroatoms. The molecule has 2 heterocycles. The fraction of sp³-hybridized carbons (Fsp3) is 0.0625. The van der Waals surface area contributed by atoms with Crippen LogP contribution in [0.15, 0.2) is 119 Å². The van der Waals surface area contributed by atoms with Crippen LogP contribution in [0.25, 0.3) is 16.8 Å². The van der Waals surface area contributed by atoms with Crippen molar-refractivity contribution in [2.45, 2.75) is 16.1 Å². The number of aliphatic hydroxyl groups excluding tert-OH is 1. The number of halogens is 1. The number of amides is 1. The average Bonchev–Trinajstić information content (AvgIpc) is 3.57. The molecule has 0 aliphatic carbocycles. The second-order valence-corrected chi connectivity index (χ2v) is 11.5. The second kappa shape index (κ2) is 11.5. The van der Waals surface area contributed by atoms with E-state index in [0.29, 0.717) is 15.7 Å². The number of rotatable bonds is 8. The Morgan fingerprint density at radius 1 is 0.951 bits per heavy atom. The van der Waals surface area contributed by atoms with Crippen molar-refractivity contribution in [3.05, 3.63) is 137 Å². The third-order valence-corrected chi connectivity index (χ3v) is 8.82. The predicted octanol–water partition coefficient (Wildman–Crippen LogP) is 7.31. The van der Waals surface area contributed by atoms with Crippen LogP contribution in [-0.4, -0.2) is 27.0 Å². The second-order valence-electron chi connectivity index (χ2n) is 9.28. The maximum absolute atomic E-state index is 13.8. The predicted molar refractivity (Wildman–Crippen MR) is 160 cm³/mol. The number of allylic oxidation sites excluding steroid dienone is 1. The maximum Gasteiger partial charge on any atom is 0.296 e. The third-order valence-electron chi connectivity index (χ3n) is 6.72. The summed E-state index contributed by atoms with van der Waals surface area (Å²) < 4.78 is 14.4. The number of carbonyl (C=O) groups is 2. The van der Waals surface area contributed by atoms with Crippen LogP contribution in [0, 0.1) is 5.82 Å². The number of benzene rings is 4. The van der Waals surface area contributed by atoms with Crippen molar-refractivity contribution in [1.82, 2.24) is 10.2 Å². The highest BCUT2D eigenvalue weighted by Crippen LogP contribution is 2.43. The first-order valence-corrected chi connectivity index (χ1v) is 14.5. The Labute approximate surface area is 243 Å². The standard InChI is InChI=1S/C32H22FN3O3S2/c33-24-16-14-22(15-17-24)28-27(26(37)18-13-20-7-2-1-3-8-20)29(38)30(39)36(28)31-34-35-32(41-31)40-19-23-11-6-10-21-9-4-5-12-25(21)23/h1-18,28,38H,19H2. The largest absolute Gasteiger partial charge is 0.503 e. The lowest BCUT2D eigenvalue weighted by atomic mass is 9.96. The van der Waals surface area contributed by atoms with Crippen LogP contribution < -0.4 is 4.90 Å². The summed E-state index contributed by atoms with van der Waals surface area (Å²) in [5.74, 6) is -1.79. The van der Waals surface area contributed by atoms with Crippen molar-refractivity contribution in [3.8, 4) is 0 Å². The Bertz CT molecular complexity index is 1810. The highest BCUT2D eigenvalue weighted by atomic mass is 32.2. The molecule has 4 aromatic carbocycles. The van der Waals surface area contributed by atoms with Gasteiger partial charge in [-0.1, -0.05) is 114 Å². The fourth-order valence-electron chi connectivity index (χ4n) is 4.76. The van der Waals surface area contributed by atoms with Gasteiger partial charge in [0.2, 0.25) is 5.13 Å². The molecule has 0 saturated carbocycles. The molecule has 5 aromatic rings. The number of ketones is 1. The van der Waals surface area contributed by atoms with Crippen molar-refractivity contribution >= 4 is 56.8 Å². The van der Waals surface area contributed by atoms with E-state index in [4.69, 9.17) is 0 Å². The van der Waals surface area contributed by atoms with Gasteiger partial charge in [-0.15, -0.1) is 10.2 Å². The molecule has 1 aromatic heterocycles. The minimum Gasteiger partial charge on any atom is -0.503 e. The molecule has 1 amide bonds. The lowest BCUT2D eigenvalue weighted by Crippen LogP contribution is -2.30. The number of carbonyl (C=O) groups excluding carboxylic acids is 2. The highest BCUT2D eigenvalue weighted by Gasteiger charge is 2.45. The Balaban J connectivity index is 1.30. The molecular weight excluding hydrogens is 558 g/mol. The molecule has 1 atom stereocenters. The SMILES string of the molecule is O=C(C=Cc1ccccc1)C1=C(O)C(=O)N(c2nnc(SCc3cccc4ccccc34)s2)C1c1ccc(F)cc1. The van der Waals surface area contributed by atoms with Gasteiger partial charge < -0.3 is 5.11 Å². The number of nitrogens with zero attached hydrogens (tertiary/aromatic N) is 3. The number of aliphatic hydroxyl groups is 1. The molecule has 0 radical (unpaired) electrons. The van der Waals surface area contributed by atoms with Crippen LogP contribution in [0.4, 0.5) is 9.52 Å². The quantitative estimate of drug-likeness (QED) is 0.118. The molecular formula is C32H22FN3O3S2. The van der Waals surface area contributed by atoms with Crippen LogP contribution in [0.5, 0.6) is 0 Å². The normalized spacial score (nSPS) is 15.4. The van der Waals surface area contributed by atoms with Gasteiger partial charge in [0.15, 0.2) is 15.9 Å². The summed E-state index contributed by atoms with van der Waals surface area (Å²) in [7, 11) is 0. The average molecular weight is 580 g/mol. The van der Waals surface area contributed by atoms with Crippen molar-refractivity contribution in [2.24, 2.45) is 0 Å². The molecule has 1 aliphatic rings. The third kappa shape index (κ3) is 5.41. The maximum atomic E-state index is 13.8. The van der Waals surface area contributed by atoms with E-state index in [2.05, 4.69) is 34.5 Å². The molecule has 202 valence electrons. The highest BCUT2D eigenvalue weighted by molar-refractivity contribution is 8.00. The summed E-state index contributed by atoms with van der Waals surface area (Å²) in [5.41, 5.74) is 2.29. The van der Waals surface area contributed by atoms with Crippen molar-refractivity contribution < 1.29 is 19.1 Å². The van der Waals surface area contributed by atoms with Crippen LogP contribution in [-0.2, 0) is 15.3 Å². The van der Waals surface area contributed by atoms with Gasteiger partial charge in [-0.25, -0.2) is 4.39 Å². The van der Waals surface area contributed by atoms with Gasteiger partial charge in [0, 0.05) is 5.75 Å². The van der Waals surface area contributed by atoms with Crippen LogP contribution >= 0.6 is 23.1 Å². The Hall–Kier alpha value is -4.60. The molecule has 6 nitrogen and oxygen atoms in total. The summed E-state index contributed by atoms with van der Waals surface area (Å²) >= 11 is 2.68. The molecule has 0 saturated heterocycles. The summed E-state index contributed by atoms with van der Waals surface area (Å²) in [6, 6.07) is 28.0. The summed E-state index contributed by atoms with van der Waals surface area (Å²) in [5, 5.41) is 22.0. The van der Waals surface area contributed by atoms with Crippen LogP contribution in [0.2, 0.25) is 0 Å². The van der Waals surface area contributed by atoms with Gasteiger partial charge in [-0.05, 0) is 45.7 Å². The van der Waals surface area contributed by atoms with E-state index in [0.717, 1.165) is 21.9 Å². The molecule has 41 heavy (non-hydrogen) atoms. The minimum atomic E-state index is -1.00. The van der Waals surface area contributed by atoms with E-state index in [1.165, 1.54) is 58.3 Å². The van der Waals surface area contributed by atoms with E-state index in [1.807, 2.05) is 48.5 Å².